The predicted octanol–water partition coefficient (Wildman–Crippen LogP) is 0.538. The van der Waals surface area contributed by atoms with Crippen molar-refractivity contribution < 1.29 is 29.1 Å². The number of carboxylic acids is 1. The first kappa shape index (κ1) is 22.3. The number of nitrogens with zero attached hydrogens (tertiary/aromatic N) is 3. The molecule has 3 rings (SSSR count). The highest BCUT2D eigenvalue weighted by atomic mass is 32.2. The van der Waals surface area contributed by atoms with Gasteiger partial charge in [0.15, 0.2) is 5.71 Å². The molecule has 0 aromatic carbocycles. The summed E-state index contributed by atoms with van der Waals surface area (Å²) >= 11 is 1.36. The number of aliphatic carboxylic acids is 1. The number of thioether (sulfide) groups is 1. The highest BCUT2D eigenvalue weighted by molar-refractivity contribution is 8.00. The van der Waals surface area contributed by atoms with Crippen LogP contribution in [-0.2, 0) is 24.0 Å². The molecule has 1 aromatic rings. The van der Waals surface area contributed by atoms with Gasteiger partial charge >= 0.3 is 5.97 Å². The second kappa shape index (κ2) is 9.60. The average molecular weight is 447 g/mol. The monoisotopic (exact) mass is 447 g/mol. The van der Waals surface area contributed by atoms with E-state index in [1.54, 1.807) is 6.07 Å². The number of nitrogens with one attached hydrogen (secondary N) is 2. The van der Waals surface area contributed by atoms with Gasteiger partial charge in [0, 0.05) is 5.25 Å². The summed E-state index contributed by atoms with van der Waals surface area (Å²) < 4.78 is 0. The van der Waals surface area contributed by atoms with Crippen molar-refractivity contribution in [2.24, 2.45) is 5.16 Å². The van der Waals surface area contributed by atoms with Gasteiger partial charge in [-0.2, -0.15) is 0 Å². The first-order chi connectivity index (χ1) is 14.9. The van der Waals surface area contributed by atoms with E-state index in [2.05, 4.69) is 20.8 Å². The Hall–Kier alpha value is -3.41. The molecular formula is C19H21N5O6S. The third kappa shape index (κ3) is 4.68. The van der Waals surface area contributed by atoms with Crippen molar-refractivity contribution in [3.8, 4) is 0 Å². The second-order valence-corrected chi connectivity index (χ2v) is 8.19. The number of rotatable bonds is 9. The number of carboxylic acid groups (broad SMARTS) is 1. The zero-order valence-corrected chi connectivity index (χ0v) is 17.6. The van der Waals surface area contributed by atoms with E-state index in [0.29, 0.717) is 12.8 Å². The number of hydrogen-bond donors (Lipinski definition) is 3. The summed E-state index contributed by atoms with van der Waals surface area (Å²) in [5.41, 5.74) is -0.127. The summed E-state index contributed by atoms with van der Waals surface area (Å²) in [6.07, 6.45) is 2.61. The number of β-lactam (4-membered cyclic amide) rings is 1. The first-order valence-corrected chi connectivity index (χ1v) is 10.4. The van der Waals surface area contributed by atoms with Crippen LogP contribution < -0.4 is 10.6 Å². The number of anilines is 1. The van der Waals surface area contributed by atoms with Crippen molar-refractivity contribution in [1.29, 1.82) is 0 Å². The Morgan fingerprint density at radius 3 is 2.87 bits per heavy atom. The fraction of sp³-hybridized carbons (Fsp3) is 0.368. The van der Waals surface area contributed by atoms with Crippen LogP contribution in [0.15, 0.2) is 35.1 Å². The number of fused-ring (bicyclic) bond motifs is 1. The summed E-state index contributed by atoms with van der Waals surface area (Å²) in [5, 5.41) is 17.5. The molecule has 0 bridgehead atoms. The number of oxime groups is 1. The molecule has 1 fully saturated rings. The molecule has 0 aliphatic carbocycles. The van der Waals surface area contributed by atoms with Crippen LogP contribution in [0.1, 0.15) is 26.0 Å². The van der Waals surface area contributed by atoms with Crippen LogP contribution in [0.2, 0.25) is 0 Å². The summed E-state index contributed by atoms with van der Waals surface area (Å²) in [6, 6.07) is 3.71. The van der Waals surface area contributed by atoms with Crippen molar-refractivity contribution in [3.05, 3.63) is 35.7 Å². The van der Waals surface area contributed by atoms with E-state index >= 15 is 0 Å². The van der Waals surface area contributed by atoms with Crippen LogP contribution in [0.4, 0.5) is 5.82 Å². The van der Waals surface area contributed by atoms with Gasteiger partial charge in [0.25, 0.3) is 11.8 Å². The molecule has 164 valence electrons. The topological polar surface area (TPSA) is 150 Å². The Bertz CT molecular complexity index is 965. The molecule has 3 atom stereocenters. The van der Waals surface area contributed by atoms with Crippen LogP contribution >= 0.6 is 11.8 Å². The lowest BCUT2D eigenvalue weighted by atomic mass is 10.0. The Kier molecular flexibility index (Phi) is 6.90. The zero-order valence-electron chi connectivity index (χ0n) is 16.8. The maximum absolute atomic E-state index is 13.0. The van der Waals surface area contributed by atoms with Gasteiger partial charge in [0.2, 0.25) is 6.41 Å². The molecule has 3 N–H and O–H groups in total. The van der Waals surface area contributed by atoms with Gasteiger partial charge in [-0.1, -0.05) is 18.1 Å². The highest BCUT2D eigenvalue weighted by Gasteiger charge is 2.54. The van der Waals surface area contributed by atoms with E-state index in [1.165, 1.54) is 30.0 Å². The number of aromatic nitrogens is 1. The number of carbonyl (C=O) groups excluding carboxylic acids is 3. The molecular weight excluding hydrogens is 426 g/mol. The SMILES string of the molecule is CCCO/N=C(\C(=O)NC1C(=O)N2C(C(=O)O)=CC(C)S[C@H]12)c1cccc(NC=O)n1. The quantitative estimate of drug-likeness (QED) is 0.163. The molecule has 2 aliphatic heterocycles. The predicted molar refractivity (Wildman–Crippen MR) is 112 cm³/mol. The minimum Gasteiger partial charge on any atom is -0.477 e. The number of hydrogen-bond acceptors (Lipinski definition) is 8. The Labute approximate surface area is 181 Å². The Morgan fingerprint density at radius 2 is 2.19 bits per heavy atom. The second-order valence-electron chi connectivity index (χ2n) is 6.69. The molecule has 2 aliphatic rings. The average Bonchev–Trinajstić information content (AvgIpc) is 2.74. The van der Waals surface area contributed by atoms with E-state index in [9.17, 15) is 24.3 Å². The maximum Gasteiger partial charge on any atom is 0.352 e. The largest absolute Gasteiger partial charge is 0.477 e. The van der Waals surface area contributed by atoms with Crippen molar-refractivity contribution >= 4 is 47.5 Å². The summed E-state index contributed by atoms with van der Waals surface area (Å²) in [6.45, 7) is 3.95. The third-order valence-electron chi connectivity index (χ3n) is 4.42. The van der Waals surface area contributed by atoms with Gasteiger partial charge in [-0.3, -0.25) is 19.3 Å². The van der Waals surface area contributed by atoms with E-state index in [4.69, 9.17) is 4.84 Å². The van der Waals surface area contributed by atoms with Crippen molar-refractivity contribution in [2.75, 3.05) is 11.9 Å². The summed E-state index contributed by atoms with van der Waals surface area (Å²) in [5.74, 6) is -2.22. The minimum atomic E-state index is -1.20. The number of pyridine rings is 1. The van der Waals surface area contributed by atoms with Crippen LogP contribution in [-0.4, -0.2) is 68.2 Å². The van der Waals surface area contributed by atoms with Crippen LogP contribution in [0, 0.1) is 0 Å². The zero-order chi connectivity index (χ0) is 22.5. The van der Waals surface area contributed by atoms with Crippen molar-refractivity contribution in [2.45, 2.75) is 36.9 Å². The first-order valence-electron chi connectivity index (χ1n) is 9.49. The van der Waals surface area contributed by atoms with Gasteiger partial charge in [0.05, 0.1) is 0 Å². The molecule has 11 nitrogen and oxygen atoms in total. The Morgan fingerprint density at radius 1 is 1.42 bits per heavy atom. The maximum atomic E-state index is 13.0. The molecule has 3 amide bonds. The minimum absolute atomic E-state index is 0.0961. The van der Waals surface area contributed by atoms with Crippen LogP contribution in [0.3, 0.4) is 0 Å². The van der Waals surface area contributed by atoms with Gasteiger partial charge in [-0.15, -0.1) is 11.8 Å². The summed E-state index contributed by atoms with van der Waals surface area (Å²) in [7, 11) is 0. The number of amides is 3. The van der Waals surface area contributed by atoms with Gasteiger partial charge in [0.1, 0.15) is 35.2 Å². The fourth-order valence-electron chi connectivity index (χ4n) is 3.05. The van der Waals surface area contributed by atoms with Crippen LogP contribution in [0.25, 0.3) is 0 Å². The molecule has 1 aromatic heterocycles. The van der Waals surface area contributed by atoms with Crippen LogP contribution in [0.5, 0.6) is 0 Å². The lowest BCUT2D eigenvalue weighted by Crippen LogP contribution is -2.71. The molecule has 0 spiro atoms. The third-order valence-corrected chi connectivity index (χ3v) is 5.75. The van der Waals surface area contributed by atoms with E-state index in [0.717, 1.165) is 4.90 Å². The van der Waals surface area contributed by atoms with Crippen molar-refractivity contribution in [1.82, 2.24) is 15.2 Å². The summed E-state index contributed by atoms with van der Waals surface area (Å²) in [4.78, 5) is 58.2. The highest BCUT2D eigenvalue weighted by Crippen LogP contribution is 2.40. The molecule has 0 radical (unpaired) electrons. The fourth-order valence-corrected chi connectivity index (χ4v) is 4.38. The van der Waals surface area contributed by atoms with Gasteiger partial charge in [-0.05, 0) is 31.6 Å². The molecule has 12 heteroatoms. The molecule has 1 saturated heterocycles. The van der Waals surface area contributed by atoms with Crippen molar-refractivity contribution in [3.63, 3.8) is 0 Å². The standard InChI is InChI=1S/C19H21N5O6S/c1-3-7-30-23-14(11-5-4-6-13(21-11)20-9-25)16(26)22-15-17(27)24-12(19(28)29)8-10(2)31-18(15)24/h4-6,8-10,15,18H,3,7H2,1-2H3,(H,22,26)(H,28,29)(H,20,21,25)/b23-14-/t10?,15?,18-/m1/s1. The molecule has 31 heavy (non-hydrogen) atoms. The molecule has 3 heterocycles. The van der Waals surface area contributed by atoms with Gasteiger partial charge < -0.3 is 20.6 Å². The Balaban J connectivity index is 1.82. The van der Waals surface area contributed by atoms with E-state index in [1.807, 2.05) is 13.8 Å². The van der Waals surface area contributed by atoms with E-state index in [-0.39, 0.29) is 34.8 Å². The smallest absolute Gasteiger partial charge is 0.352 e. The normalized spacial score (nSPS) is 22.6. The lowest BCUT2D eigenvalue weighted by Gasteiger charge is -2.49. The molecule has 0 saturated carbocycles. The molecule has 2 unspecified atom stereocenters. The van der Waals surface area contributed by atoms with Gasteiger partial charge in [-0.25, -0.2) is 9.78 Å². The van der Waals surface area contributed by atoms with E-state index < -0.39 is 29.2 Å². The lowest BCUT2D eigenvalue weighted by molar-refractivity contribution is -0.150. The number of carbonyl (C=O) groups is 4.